The first-order valence-corrected chi connectivity index (χ1v) is 19.2. The number of hydrogen-bond donors (Lipinski definition) is 0. The summed E-state index contributed by atoms with van der Waals surface area (Å²) < 4.78 is 13.3. The summed E-state index contributed by atoms with van der Waals surface area (Å²) in [4.78, 5) is 8.64. The fourth-order valence-electron chi connectivity index (χ4n) is 8.82. The molecule has 1 saturated heterocycles. The standard InChI is InChI=1S/C47H40N2O2S/c1-4-46(5-2)42-31-34(48-3)19-24-40(42)43-38-13-9-10-14-39(38)45-41(44(43)46)25-26-47(51-45,32-15-20-35(21-16-32)49-27-29-50-30-28-49)33-17-22-37(23-18-33)52-36-11-7-6-8-12-36/h6-26,31H,4-5,27-30H2,1-2H3. The van der Waals surface area contributed by atoms with Crippen LogP contribution in [0.4, 0.5) is 11.4 Å². The van der Waals surface area contributed by atoms with Crippen molar-refractivity contribution in [2.45, 2.75) is 47.5 Å². The molecule has 0 amide bonds. The van der Waals surface area contributed by atoms with Gasteiger partial charge in [0.1, 0.15) is 5.75 Å². The van der Waals surface area contributed by atoms with Gasteiger partial charge in [0.25, 0.3) is 0 Å². The number of nitrogens with zero attached hydrogens (tertiary/aromatic N) is 2. The topological polar surface area (TPSA) is 26.1 Å². The van der Waals surface area contributed by atoms with Crippen LogP contribution < -0.4 is 9.64 Å². The molecule has 1 atom stereocenters. The Morgan fingerprint density at radius 2 is 1.40 bits per heavy atom. The third kappa shape index (κ3) is 5.08. The molecule has 3 aliphatic rings. The van der Waals surface area contributed by atoms with E-state index in [0.29, 0.717) is 5.69 Å². The third-order valence-corrected chi connectivity index (χ3v) is 12.5. The summed E-state index contributed by atoms with van der Waals surface area (Å²) in [5.41, 5.74) is 9.22. The highest BCUT2D eigenvalue weighted by Crippen LogP contribution is 2.60. The van der Waals surface area contributed by atoms with Gasteiger partial charge in [-0.2, -0.15) is 0 Å². The van der Waals surface area contributed by atoms with Gasteiger partial charge in [-0.25, -0.2) is 4.85 Å². The minimum atomic E-state index is -0.854. The van der Waals surface area contributed by atoms with Crippen LogP contribution in [0.15, 0.2) is 137 Å². The molecule has 0 aromatic heterocycles. The molecule has 1 fully saturated rings. The van der Waals surface area contributed by atoms with Gasteiger partial charge in [-0.3, -0.25) is 0 Å². The van der Waals surface area contributed by atoms with Gasteiger partial charge in [0, 0.05) is 56.1 Å². The van der Waals surface area contributed by atoms with Gasteiger partial charge in [-0.05, 0) is 83.0 Å². The zero-order valence-electron chi connectivity index (χ0n) is 29.6. The smallest absolute Gasteiger partial charge is 0.187 e. The molecular weight excluding hydrogens is 657 g/mol. The van der Waals surface area contributed by atoms with E-state index >= 15 is 0 Å². The molecule has 0 radical (unpaired) electrons. The van der Waals surface area contributed by atoms with Crippen molar-refractivity contribution in [2.24, 2.45) is 0 Å². The van der Waals surface area contributed by atoms with Crippen LogP contribution >= 0.6 is 11.8 Å². The average Bonchev–Trinajstić information content (AvgIpc) is 3.52. The van der Waals surface area contributed by atoms with Crippen LogP contribution in [0.25, 0.3) is 32.8 Å². The van der Waals surface area contributed by atoms with Crippen LogP contribution in [0, 0.1) is 6.57 Å². The predicted molar refractivity (Wildman–Crippen MR) is 214 cm³/mol. The summed E-state index contributed by atoms with van der Waals surface area (Å²) in [6.45, 7) is 15.7. The second kappa shape index (κ2) is 13.0. The van der Waals surface area contributed by atoms with Crippen LogP contribution in [0.3, 0.4) is 0 Å². The number of benzene rings is 6. The van der Waals surface area contributed by atoms with Crippen LogP contribution in [0.2, 0.25) is 0 Å². The van der Waals surface area contributed by atoms with Gasteiger partial charge in [0.15, 0.2) is 11.3 Å². The lowest BCUT2D eigenvalue weighted by Crippen LogP contribution is -2.37. The highest BCUT2D eigenvalue weighted by atomic mass is 32.2. The van der Waals surface area contributed by atoms with E-state index in [2.05, 4.69) is 151 Å². The largest absolute Gasteiger partial charge is 0.472 e. The summed E-state index contributed by atoms with van der Waals surface area (Å²) >= 11 is 1.77. The van der Waals surface area contributed by atoms with Crippen LogP contribution in [-0.2, 0) is 15.8 Å². The van der Waals surface area contributed by atoms with Gasteiger partial charge in [-0.15, -0.1) is 0 Å². The number of rotatable bonds is 7. The Balaban J connectivity index is 1.24. The molecule has 0 saturated carbocycles. The van der Waals surface area contributed by atoms with Crippen molar-refractivity contribution < 1.29 is 9.47 Å². The van der Waals surface area contributed by atoms with E-state index in [1.54, 1.807) is 11.8 Å². The molecule has 256 valence electrons. The van der Waals surface area contributed by atoms with Crippen molar-refractivity contribution in [3.63, 3.8) is 0 Å². The molecule has 52 heavy (non-hydrogen) atoms. The Labute approximate surface area is 310 Å². The minimum Gasteiger partial charge on any atom is -0.472 e. The van der Waals surface area contributed by atoms with Gasteiger partial charge >= 0.3 is 0 Å². The quantitative estimate of drug-likeness (QED) is 0.155. The third-order valence-electron chi connectivity index (χ3n) is 11.5. The monoisotopic (exact) mass is 696 g/mol. The van der Waals surface area contributed by atoms with Crippen LogP contribution in [0.1, 0.15) is 54.5 Å². The van der Waals surface area contributed by atoms with Gasteiger partial charge in [0.2, 0.25) is 0 Å². The van der Waals surface area contributed by atoms with Crippen LogP contribution in [-0.4, -0.2) is 26.3 Å². The highest BCUT2D eigenvalue weighted by Gasteiger charge is 2.46. The molecule has 0 bridgehead atoms. The number of ether oxygens (including phenoxy) is 2. The van der Waals surface area contributed by atoms with E-state index in [4.69, 9.17) is 16.0 Å². The van der Waals surface area contributed by atoms with E-state index in [9.17, 15) is 0 Å². The SMILES string of the molecule is [C-]#[N+]c1ccc2c(c1)C(CC)(CC)c1c3c(c4ccccc4c1-2)OC(c1ccc(Sc2ccccc2)cc1)(c1ccc(N2CCOCC2)cc1)C=C3. The Hall–Kier alpha value is -5.28. The Morgan fingerprint density at radius 3 is 2.10 bits per heavy atom. The lowest BCUT2D eigenvalue weighted by Gasteiger charge is -2.39. The van der Waals surface area contributed by atoms with Crippen molar-refractivity contribution >= 4 is 40.0 Å². The second-order valence-corrected chi connectivity index (χ2v) is 15.1. The Kier molecular flexibility index (Phi) is 8.18. The summed E-state index contributed by atoms with van der Waals surface area (Å²) in [6.07, 6.45) is 6.49. The lowest BCUT2D eigenvalue weighted by molar-refractivity contribution is 0.122. The molecule has 2 aliphatic heterocycles. The van der Waals surface area contributed by atoms with Gasteiger partial charge < -0.3 is 14.4 Å². The summed E-state index contributed by atoms with van der Waals surface area (Å²) in [7, 11) is 0. The lowest BCUT2D eigenvalue weighted by atomic mass is 9.71. The van der Waals surface area contributed by atoms with Gasteiger partial charge in [0.05, 0.1) is 19.8 Å². The van der Waals surface area contributed by atoms with Crippen LogP contribution in [0.5, 0.6) is 5.75 Å². The van der Waals surface area contributed by atoms with Crippen molar-refractivity contribution in [1.82, 2.24) is 0 Å². The minimum absolute atomic E-state index is 0.233. The summed E-state index contributed by atoms with van der Waals surface area (Å²) in [5.74, 6) is 0.918. The molecule has 0 spiro atoms. The van der Waals surface area contributed by atoms with Crippen molar-refractivity contribution in [3.8, 4) is 16.9 Å². The fourth-order valence-corrected chi connectivity index (χ4v) is 9.65. The number of hydrogen-bond acceptors (Lipinski definition) is 4. The normalized spacial score (nSPS) is 18.3. The molecule has 5 heteroatoms. The molecule has 6 aromatic carbocycles. The van der Waals surface area contributed by atoms with Crippen molar-refractivity contribution in [1.29, 1.82) is 0 Å². The average molecular weight is 697 g/mol. The first kappa shape index (κ1) is 32.6. The van der Waals surface area contributed by atoms with E-state index in [0.717, 1.165) is 67.0 Å². The molecule has 9 rings (SSSR count). The molecule has 0 N–H and O–H groups in total. The van der Waals surface area contributed by atoms with E-state index < -0.39 is 5.60 Å². The van der Waals surface area contributed by atoms with E-state index in [1.807, 2.05) is 6.07 Å². The van der Waals surface area contributed by atoms with E-state index in [1.165, 1.54) is 43.1 Å². The first-order valence-electron chi connectivity index (χ1n) is 18.3. The van der Waals surface area contributed by atoms with Crippen molar-refractivity contribution in [3.05, 3.63) is 167 Å². The molecule has 1 unspecified atom stereocenters. The molecule has 6 aromatic rings. The van der Waals surface area contributed by atoms with Gasteiger partial charge in [-0.1, -0.05) is 117 Å². The fraction of sp³-hybridized carbons (Fsp3) is 0.213. The second-order valence-electron chi connectivity index (χ2n) is 13.9. The summed E-state index contributed by atoms with van der Waals surface area (Å²) in [6, 6.07) is 43.4. The molecule has 4 nitrogen and oxygen atoms in total. The summed E-state index contributed by atoms with van der Waals surface area (Å²) in [5, 5.41) is 2.30. The number of morpholine rings is 1. The number of anilines is 1. The number of fused-ring (bicyclic) bond motifs is 8. The molecule has 2 heterocycles. The maximum atomic E-state index is 7.83. The molecular formula is C47H40N2O2S. The zero-order valence-corrected chi connectivity index (χ0v) is 30.4. The zero-order chi connectivity index (χ0) is 35.3. The molecule has 1 aliphatic carbocycles. The highest BCUT2D eigenvalue weighted by molar-refractivity contribution is 7.99. The maximum Gasteiger partial charge on any atom is 0.187 e. The predicted octanol–water partition coefficient (Wildman–Crippen LogP) is 11.8. The Bertz CT molecular complexity index is 2370. The van der Waals surface area contributed by atoms with E-state index in [-0.39, 0.29) is 5.41 Å². The Morgan fingerprint density at radius 1 is 0.750 bits per heavy atom. The first-order chi connectivity index (χ1) is 25.6. The maximum absolute atomic E-state index is 7.83. The van der Waals surface area contributed by atoms with Crippen molar-refractivity contribution in [2.75, 3.05) is 31.2 Å².